The number of aromatic amines is 1. The Morgan fingerprint density at radius 1 is 1.20 bits per heavy atom. The monoisotopic (exact) mass is 408 g/mol. The van der Waals surface area contributed by atoms with Gasteiger partial charge in [-0.2, -0.15) is 0 Å². The number of nitrogens with one attached hydrogen (secondary N) is 1. The topological polar surface area (TPSA) is 90.5 Å². The smallest absolute Gasteiger partial charge is 0.331 e. The summed E-state index contributed by atoms with van der Waals surface area (Å²) in [5.41, 5.74) is 1.04. The van der Waals surface area contributed by atoms with E-state index in [0.717, 1.165) is 12.0 Å². The molecule has 0 radical (unpaired) electrons. The van der Waals surface area contributed by atoms with E-state index in [2.05, 4.69) is 9.97 Å². The van der Waals surface area contributed by atoms with E-state index in [1.807, 2.05) is 13.0 Å². The summed E-state index contributed by atoms with van der Waals surface area (Å²) in [4.78, 5) is 31.5. The zero-order valence-corrected chi connectivity index (χ0v) is 17.2. The van der Waals surface area contributed by atoms with Gasteiger partial charge in [-0.3, -0.25) is 4.79 Å². The van der Waals surface area contributed by atoms with Gasteiger partial charge in [-0.25, -0.2) is 9.78 Å². The zero-order valence-electron chi connectivity index (χ0n) is 17.2. The molecule has 0 bridgehead atoms. The highest BCUT2D eigenvalue weighted by atomic mass is 16.5. The van der Waals surface area contributed by atoms with Gasteiger partial charge in [0.25, 0.3) is 5.56 Å². The van der Waals surface area contributed by atoms with Crippen molar-refractivity contribution in [1.29, 1.82) is 0 Å². The largest absolute Gasteiger partial charge is 0.493 e. The summed E-state index contributed by atoms with van der Waals surface area (Å²) in [5.74, 6) is 0.979. The number of esters is 1. The molecule has 30 heavy (non-hydrogen) atoms. The first-order valence-electron chi connectivity index (χ1n) is 9.70. The number of nitrogens with zero attached hydrogens (tertiary/aromatic N) is 1. The molecule has 0 aliphatic carbocycles. The van der Waals surface area contributed by atoms with Crippen molar-refractivity contribution in [2.45, 2.75) is 26.4 Å². The van der Waals surface area contributed by atoms with Crippen molar-refractivity contribution in [3.05, 3.63) is 70.3 Å². The van der Waals surface area contributed by atoms with Crippen LogP contribution >= 0.6 is 0 Å². The number of carbonyl (C=O) groups excluding carboxylic acids is 1. The third kappa shape index (κ3) is 5.05. The highest BCUT2D eigenvalue weighted by Gasteiger charge is 2.14. The number of ether oxygens (including phenoxy) is 3. The van der Waals surface area contributed by atoms with Gasteiger partial charge in [0.1, 0.15) is 0 Å². The molecule has 7 heteroatoms. The Labute approximate surface area is 174 Å². The third-order valence-corrected chi connectivity index (χ3v) is 4.37. The number of fused-ring (bicyclic) bond motifs is 1. The molecule has 0 aliphatic rings. The van der Waals surface area contributed by atoms with Crippen molar-refractivity contribution in [2.24, 2.45) is 0 Å². The van der Waals surface area contributed by atoms with Crippen LogP contribution in [0.15, 0.2) is 53.3 Å². The molecule has 3 aromatic rings. The molecule has 1 aromatic heterocycles. The van der Waals surface area contributed by atoms with Gasteiger partial charge in [-0.1, -0.05) is 25.1 Å². The maximum Gasteiger partial charge on any atom is 0.331 e. The van der Waals surface area contributed by atoms with E-state index >= 15 is 0 Å². The fraction of sp³-hybridized carbons (Fsp3) is 0.261. The average molecular weight is 408 g/mol. The number of hydrogen-bond acceptors (Lipinski definition) is 6. The van der Waals surface area contributed by atoms with Gasteiger partial charge >= 0.3 is 5.97 Å². The quantitative estimate of drug-likeness (QED) is 0.447. The predicted octanol–water partition coefficient (Wildman–Crippen LogP) is 4.04. The molecule has 1 atom stereocenters. The Hall–Kier alpha value is -3.61. The molecule has 0 amide bonds. The Kier molecular flexibility index (Phi) is 6.85. The van der Waals surface area contributed by atoms with Crippen LogP contribution in [-0.2, 0) is 9.53 Å². The summed E-state index contributed by atoms with van der Waals surface area (Å²) in [7, 11) is 1.56. The highest BCUT2D eigenvalue weighted by molar-refractivity contribution is 5.87. The van der Waals surface area contributed by atoms with E-state index in [0.29, 0.717) is 34.8 Å². The average Bonchev–Trinajstić information content (AvgIpc) is 2.76. The molecule has 156 valence electrons. The molecular weight excluding hydrogens is 384 g/mol. The van der Waals surface area contributed by atoms with E-state index in [-0.39, 0.29) is 5.56 Å². The second-order valence-electron chi connectivity index (χ2n) is 6.64. The van der Waals surface area contributed by atoms with Gasteiger partial charge in [0.05, 0.1) is 24.6 Å². The Bertz CT molecular complexity index is 1120. The molecule has 7 nitrogen and oxygen atoms in total. The number of H-pyrrole nitrogens is 1. The van der Waals surface area contributed by atoms with Crippen molar-refractivity contribution >= 4 is 22.9 Å². The van der Waals surface area contributed by atoms with Crippen molar-refractivity contribution < 1.29 is 19.0 Å². The molecule has 0 unspecified atom stereocenters. The number of carbonyl (C=O) groups is 1. The van der Waals surface area contributed by atoms with Gasteiger partial charge in [0.15, 0.2) is 23.4 Å². The van der Waals surface area contributed by atoms with Gasteiger partial charge < -0.3 is 19.2 Å². The lowest BCUT2D eigenvalue weighted by molar-refractivity contribution is -0.142. The first kappa shape index (κ1) is 21.1. The summed E-state index contributed by atoms with van der Waals surface area (Å²) < 4.78 is 16.3. The number of hydrogen-bond donors (Lipinski definition) is 1. The van der Waals surface area contributed by atoms with Crippen LogP contribution in [0.1, 0.15) is 37.8 Å². The maximum atomic E-state index is 12.2. The lowest BCUT2D eigenvalue weighted by Crippen LogP contribution is -2.16. The number of benzene rings is 2. The van der Waals surface area contributed by atoms with Crippen molar-refractivity contribution in [2.75, 3.05) is 13.7 Å². The molecule has 0 fully saturated rings. The number of para-hydroxylation sites is 1. The predicted molar refractivity (Wildman–Crippen MR) is 115 cm³/mol. The van der Waals surface area contributed by atoms with Crippen molar-refractivity contribution in [3.63, 3.8) is 0 Å². The van der Waals surface area contributed by atoms with Gasteiger partial charge in [0.2, 0.25) is 0 Å². The zero-order chi connectivity index (χ0) is 21.5. The number of aromatic nitrogens is 2. The molecule has 1 N–H and O–H groups in total. The lowest BCUT2D eigenvalue weighted by Gasteiger charge is -2.12. The van der Waals surface area contributed by atoms with Crippen LogP contribution in [0.5, 0.6) is 11.5 Å². The fourth-order valence-corrected chi connectivity index (χ4v) is 2.85. The Balaban J connectivity index is 1.69. The summed E-state index contributed by atoms with van der Waals surface area (Å²) in [5, 5.41) is 0.486. The van der Waals surface area contributed by atoms with Gasteiger partial charge in [-0.15, -0.1) is 0 Å². The van der Waals surface area contributed by atoms with Crippen LogP contribution in [-0.4, -0.2) is 29.7 Å². The summed E-state index contributed by atoms with van der Waals surface area (Å²) in [6.07, 6.45) is 3.12. The highest BCUT2D eigenvalue weighted by Crippen LogP contribution is 2.28. The first-order valence-corrected chi connectivity index (χ1v) is 9.70. The summed E-state index contributed by atoms with van der Waals surface area (Å²) in [6, 6.07) is 12.4. The van der Waals surface area contributed by atoms with E-state index in [1.165, 1.54) is 6.08 Å². The first-order chi connectivity index (χ1) is 14.5. The number of methoxy groups -OCH3 is 1. The van der Waals surface area contributed by atoms with Crippen LogP contribution < -0.4 is 15.0 Å². The minimum Gasteiger partial charge on any atom is -0.493 e. The summed E-state index contributed by atoms with van der Waals surface area (Å²) in [6.45, 7) is 4.28. The van der Waals surface area contributed by atoms with Gasteiger partial charge in [-0.05, 0) is 49.2 Å². The Morgan fingerprint density at radius 2 is 2.00 bits per heavy atom. The molecular formula is C23H24N2O5. The van der Waals surface area contributed by atoms with Crippen LogP contribution in [0.4, 0.5) is 0 Å². The minimum absolute atomic E-state index is 0.272. The van der Waals surface area contributed by atoms with E-state index < -0.39 is 12.1 Å². The van der Waals surface area contributed by atoms with E-state index in [9.17, 15) is 9.59 Å². The van der Waals surface area contributed by atoms with Gasteiger partial charge in [0, 0.05) is 6.08 Å². The van der Waals surface area contributed by atoms with Crippen LogP contribution in [0.3, 0.4) is 0 Å². The molecule has 1 heterocycles. The lowest BCUT2D eigenvalue weighted by atomic mass is 10.2. The third-order valence-electron chi connectivity index (χ3n) is 4.37. The second kappa shape index (κ2) is 9.73. The number of rotatable bonds is 8. The molecule has 3 rings (SSSR count). The van der Waals surface area contributed by atoms with Crippen LogP contribution in [0.2, 0.25) is 0 Å². The standard InChI is InChI=1S/C23H24N2O5/c1-4-13-29-19-11-9-16(14-20(19)28-3)10-12-21(26)30-15(2)22-24-18-8-6-5-7-17(18)23(27)25-22/h5-12,14-15H,4,13H2,1-3H3,(H,24,25,27)/b12-10+/t15-/m1/s1. The maximum absolute atomic E-state index is 12.2. The Morgan fingerprint density at radius 3 is 2.77 bits per heavy atom. The molecule has 2 aromatic carbocycles. The molecule has 0 saturated heterocycles. The molecule has 0 aliphatic heterocycles. The molecule has 0 spiro atoms. The van der Waals surface area contributed by atoms with Crippen molar-refractivity contribution in [1.82, 2.24) is 9.97 Å². The molecule has 0 saturated carbocycles. The second-order valence-corrected chi connectivity index (χ2v) is 6.64. The van der Waals surface area contributed by atoms with Crippen LogP contribution in [0, 0.1) is 0 Å². The summed E-state index contributed by atoms with van der Waals surface area (Å²) >= 11 is 0. The van der Waals surface area contributed by atoms with E-state index in [4.69, 9.17) is 14.2 Å². The van der Waals surface area contributed by atoms with E-state index in [1.54, 1.807) is 56.5 Å². The normalized spacial score (nSPS) is 12.1. The van der Waals surface area contributed by atoms with Crippen LogP contribution in [0.25, 0.3) is 17.0 Å². The van der Waals surface area contributed by atoms with Crippen molar-refractivity contribution in [3.8, 4) is 11.5 Å². The SMILES string of the molecule is CCCOc1ccc(/C=C/C(=O)O[C@H](C)c2nc3ccccc3c(=O)[nH]2)cc1OC. The fourth-order valence-electron chi connectivity index (χ4n) is 2.85. The minimum atomic E-state index is -0.709.